The fourth-order valence-corrected chi connectivity index (χ4v) is 2.63. The molecule has 0 saturated heterocycles. The van der Waals surface area contributed by atoms with Crippen LogP contribution < -0.4 is 5.32 Å². The SMILES string of the molecule is C#CCCCC(NC)C1Cc2ccccc21. The maximum absolute atomic E-state index is 5.28. The summed E-state index contributed by atoms with van der Waals surface area (Å²) in [5.74, 6) is 3.41. The summed E-state index contributed by atoms with van der Waals surface area (Å²) in [5, 5.41) is 3.44. The lowest BCUT2D eigenvalue weighted by atomic mass is 9.72. The van der Waals surface area contributed by atoms with E-state index in [9.17, 15) is 0 Å². The van der Waals surface area contributed by atoms with Crippen molar-refractivity contribution in [3.8, 4) is 12.3 Å². The van der Waals surface area contributed by atoms with Crippen LogP contribution in [0.5, 0.6) is 0 Å². The molecule has 1 aliphatic rings. The van der Waals surface area contributed by atoms with Gasteiger partial charge in [0.2, 0.25) is 0 Å². The molecule has 1 nitrogen and oxygen atoms in total. The quantitative estimate of drug-likeness (QED) is 0.586. The molecule has 1 aromatic carbocycles. The molecule has 1 N–H and O–H groups in total. The highest BCUT2D eigenvalue weighted by Crippen LogP contribution is 2.38. The van der Waals surface area contributed by atoms with E-state index in [0.29, 0.717) is 12.0 Å². The average Bonchev–Trinajstić information content (AvgIpc) is 2.29. The molecule has 84 valence electrons. The molecule has 2 rings (SSSR count). The molecule has 1 heteroatoms. The smallest absolute Gasteiger partial charge is 0.0136 e. The normalized spacial score (nSPS) is 19.4. The lowest BCUT2D eigenvalue weighted by Crippen LogP contribution is -2.38. The zero-order valence-electron chi connectivity index (χ0n) is 9.87. The number of terminal acetylenes is 1. The van der Waals surface area contributed by atoms with Crippen LogP contribution in [0.15, 0.2) is 24.3 Å². The second-order valence-electron chi connectivity index (χ2n) is 4.50. The van der Waals surface area contributed by atoms with Crippen molar-refractivity contribution in [2.24, 2.45) is 0 Å². The Hall–Kier alpha value is -1.26. The Morgan fingerprint density at radius 3 is 3.00 bits per heavy atom. The Balaban J connectivity index is 1.96. The summed E-state index contributed by atoms with van der Waals surface area (Å²) in [6.07, 6.45) is 9.71. The second-order valence-corrected chi connectivity index (χ2v) is 4.50. The third kappa shape index (κ3) is 2.13. The van der Waals surface area contributed by atoms with Crippen molar-refractivity contribution >= 4 is 0 Å². The summed E-state index contributed by atoms with van der Waals surface area (Å²) in [6, 6.07) is 9.35. The van der Waals surface area contributed by atoms with Crippen molar-refractivity contribution in [1.82, 2.24) is 5.32 Å². The van der Waals surface area contributed by atoms with E-state index in [1.807, 2.05) is 0 Å². The van der Waals surface area contributed by atoms with Crippen LogP contribution in [-0.4, -0.2) is 13.1 Å². The molecule has 0 spiro atoms. The van der Waals surface area contributed by atoms with E-state index in [-0.39, 0.29) is 0 Å². The van der Waals surface area contributed by atoms with Crippen LogP contribution in [-0.2, 0) is 6.42 Å². The number of nitrogens with one attached hydrogen (secondary N) is 1. The molecule has 2 atom stereocenters. The first-order valence-corrected chi connectivity index (χ1v) is 6.05. The average molecular weight is 213 g/mol. The minimum absolute atomic E-state index is 0.586. The van der Waals surface area contributed by atoms with E-state index in [1.165, 1.54) is 24.0 Å². The van der Waals surface area contributed by atoms with Crippen LogP contribution in [0, 0.1) is 12.3 Å². The number of hydrogen-bond donors (Lipinski definition) is 1. The maximum Gasteiger partial charge on any atom is 0.0136 e. The molecular formula is C15H19N. The van der Waals surface area contributed by atoms with E-state index in [2.05, 4.69) is 42.6 Å². The second kappa shape index (κ2) is 5.18. The molecule has 0 aliphatic heterocycles. The first-order chi connectivity index (χ1) is 7.86. The van der Waals surface area contributed by atoms with Gasteiger partial charge in [-0.05, 0) is 37.4 Å². The van der Waals surface area contributed by atoms with E-state index >= 15 is 0 Å². The Morgan fingerprint density at radius 2 is 2.31 bits per heavy atom. The summed E-state index contributed by atoms with van der Waals surface area (Å²) in [7, 11) is 2.06. The first kappa shape index (κ1) is 11.2. The third-order valence-corrected chi connectivity index (χ3v) is 3.59. The topological polar surface area (TPSA) is 12.0 Å². The number of fused-ring (bicyclic) bond motifs is 1. The van der Waals surface area contributed by atoms with Crippen molar-refractivity contribution in [3.05, 3.63) is 35.4 Å². The van der Waals surface area contributed by atoms with Gasteiger partial charge in [0, 0.05) is 18.4 Å². The van der Waals surface area contributed by atoms with Gasteiger partial charge in [-0.15, -0.1) is 12.3 Å². The highest BCUT2D eigenvalue weighted by atomic mass is 14.9. The van der Waals surface area contributed by atoms with Gasteiger partial charge >= 0.3 is 0 Å². The molecule has 0 fully saturated rings. The first-order valence-electron chi connectivity index (χ1n) is 6.05. The fourth-order valence-electron chi connectivity index (χ4n) is 2.63. The maximum atomic E-state index is 5.28. The number of rotatable bonds is 5. The van der Waals surface area contributed by atoms with Gasteiger partial charge in [-0.2, -0.15) is 0 Å². The van der Waals surface area contributed by atoms with E-state index in [0.717, 1.165) is 12.8 Å². The molecule has 0 radical (unpaired) electrons. The lowest BCUT2D eigenvalue weighted by Gasteiger charge is -2.36. The molecule has 16 heavy (non-hydrogen) atoms. The van der Waals surface area contributed by atoms with Crippen molar-refractivity contribution in [3.63, 3.8) is 0 Å². The van der Waals surface area contributed by atoms with Crippen molar-refractivity contribution in [1.29, 1.82) is 0 Å². The fraction of sp³-hybridized carbons (Fsp3) is 0.467. The van der Waals surface area contributed by atoms with Gasteiger partial charge in [-0.25, -0.2) is 0 Å². The zero-order valence-corrected chi connectivity index (χ0v) is 9.87. The Labute approximate surface area is 98.3 Å². The number of benzene rings is 1. The van der Waals surface area contributed by atoms with Crippen molar-refractivity contribution in [2.75, 3.05) is 7.05 Å². The lowest BCUT2D eigenvalue weighted by molar-refractivity contribution is 0.395. The van der Waals surface area contributed by atoms with Crippen LogP contribution >= 0.6 is 0 Å². The standard InChI is InChI=1S/C15H19N/c1-3-4-5-10-15(16-2)14-11-12-8-6-7-9-13(12)14/h1,6-9,14-16H,4-5,10-11H2,2H3. The van der Waals surface area contributed by atoms with Gasteiger partial charge in [0.15, 0.2) is 0 Å². The van der Waals surface area contributed by atoms with E-state index in [4.69, 9.17) is 6.42 Å². The molecule has 0 saturated carbocycles. The van der Waals surface area contributed by atoms with Gasteiger partial charge in [-0.1, -0.05) is 24.3 Å². The Bertz CT molecular complexity index is 389. The summed E-state index contributed by atoms with van der Waals surface area (Å²) < 4.78 is 0. The van der Waals surface area contributed by atoms with E-state index < -0.39 is 0 Å². The number of likely N-dealkylation sites (N-methyl/N-ethyl adjacent to an activating group) is 1. The minimum Gasteiger partial charge on any atom is -0.316 e. The third-order valence-electron chi connectivity index (χ3n) is 3.59. The van der Waals surface area contributed by atoms with E-state index in [1.54, 1.807) is 0 Å². The predicted octanol–water partition coefficient (Wildman–Crippen LogP) is 2.72. The minimum atomic E-state index is 0.586. The largest absolute Gasteiger partial charge is 0.316 e. The van der Waals surface area contributed by atoms with Crippen LogP contribution in [0.1, 0.15) is 36.3 Å². The van der Waals surface area contributed by atoms with Gasteiger partial charge < -0.3 is 5.32 Å². The van der Waals surface area contributed by atoms with Gasteiger partial charge in [-0.3, -0.25) is 0 Å². The Kier molecular flexibility index (Phi) is 3.64. The molecule has 1 aliphatic carbocycles. The molecule has 0 aromatic heterocycles. The Morgan fingerprint density at radius 1 is 1.50 bits per heavy atom. The summed E-state index contributed by atoms with van der Waals surface area (Å²) in [5.41, 5.74) is 3.05. The van der Waals surface area contributed by atoms with Gasteiger partial charge in [0.05, 0.1) is 0 Å². The number of hydrogen-bond acceptors (Lipinski definition) is 1. The van der Waals surface area contributed by atoms with Crippen LogP contribution in [0.4, 0.5) is 0 Å². The monoisotopic (exact) mass is 213 g/mol. The molecule has 2 unspecified atom stereocenters. The van der Waals surface area contributed by atoms with Crippen molar-refractivity contribution in [2.45, 2.75) is 37.6 Å². The van der Waals surface area contributed by atoms with Gasteiger partial charge in [0.25, 0.3) is 0 Å². The predicted molar refractivity (Wildman–Crippen MR) is 68.4 cm³/mol. The van der Waals surface area contributed by atoms with Gasteiger partial charge in [0.1, 0.15) is 0 Å². The molecular weight excluding hydrogens is 194 g/mol. The molecule has 0 heterocycles. The molecule has 1 aromatic rings. The summed E-state index contributed by atoms with van der Waals surface area (Å²) in [4.78, 5) is 0. The van der Waals surface area contributed by atoms with Crippen LogP contribution in [0.2, 0.25) is 0 Å². The summed E-state index contributed by atoms with van der Waals surface area (Å²) >= 11 is 0. The number of unbranched alkanes of at least 4 members (excludes halogenated alkanes) is 1. The van der Waals surface area contributed by atoms with Crippen molar-refractivity contribution < 1.29 is 0 Å². The molecule has 0 amide bonds. The molecule has 0 bridgehead atoms. The van der Waals surface area contributed by atoms with Crippen LogP contribution in [0.3, 0.4) is 0 Å². The summed E-state index contributed by atoms with van der Waals surface area (Å²) in [6.45, 7) is 0. The van der Waals surface area contributed by atoms with Crippen LogP contribution in [0.25, 0.3) is 0 Å². The zero-order chi connectivity index (χ0) is 11.4. The highest BCUT2D eigenvalue weighted by Gasteiger charge is 2.31. The highest BCUT2D eigenvalue weighted by molar-refractivity contribution is 5.41.